The number of hydrogen-bond donors (Lipinski definition) is 0. The van der Waals surface area contributed by atoms with Gasteiger partial charge in [0.2, 0.25) is 0 Å². The molecular formula is C17H23N3O2. The zero-order valence-corrected chi connectivity index (χ0v) is 13.0. The van der Waals surface area contributed by atoms with Crippen molar-refractivity contribution in [3.05, 3.63) is 23.8 Å². The normalized spacial score (nSPS) is 28.8. The van der Waals surface area contributed by atoms with Crippen LogP contribution in [0, 0.1) is 0 Å². The lowest BCUT2D eigenvalue weighted by atomic mass is 9.92. The van der Waals surface area contributed by atoms with Crippen LogP contribution < -0.4 is 0 Å². The number of ether oxygens (including phenoxy) is 1. The van der Waals surface area contributed by atoms with E-state index < -0.39 is 0 Å². The van der Waals surface area contributed by atoms with E-state index in [1.165, 1.54) is 12.8 Å². The van der Waals surface area contributed by atoms with Crippen LogP contribution in [0.2, 0.25) is 0 Å². The fourth-order valence-electron chi connectivity index (χ4n) is 3.70. The Kier molecular flexibility index (Phi) is 3.60. The molecule has 1 spiro atoms. The maximum absolute atomic E-state index is 12.7. The highest BCUT2D eigenvalue weighted by Crippen LogP contribution is 2.38. The van der Waals surface area contributed by atoms with Gasteiger partial charge in [0.05, 0.1) is 11.2 Å². The van der Waals surface area contributed by atoms with Gasteiger partial charge in [0.15, 0.2) is 0 Å². The smallest absolute Gasteiger partial charge is 0.256 e. The summed E-state index contributed by atoms with van der Waals surface area (Å²) in [7, 11) is 0. The van der Waals surface area contributed by atoms with Gasteiger partial charge in [0.1, 0.15) is 5.82 Å². The van der Waals surface area contributed by atoms with Crippen molar-refractivity contribution in [2.24, 2.45) is 0 Å². The summed E-state index contributed by atoms with van der Waals surface area (Å²) in [4.78, 5) is 23.3. The average Bonchev–Trinajstić information content (AvgIpc) is 3.32. The Morgan fingerprint density at radius 3 is 2.59 bits per heavy atom. The minimum atomic E-state index is 0.0430. The SMILES string of the molecule is O=C(c1cnc(C2CC2)nc1)N1CCC[C@]2(CCCO2)CC1. The molecule has 0 bridgehead atoms. The minimum absolute atomic E-state index is 0.0430. The van der Waals surface area contributed by atoms with E-state index in [0.29, 0.717) is 11.5 Å². The standard InChI is InChI=1S/C17H23N3O2/c21-16(14-11-18-15(19-12-14)13-3-4-13)20-8-1-5-17(7-9-20)6-2-10-22-17/h11-13H,1-10H2/t17-/m0/s1. The lowest BCUT2D eigenvalue weighted by Crippen LogP contribution is -2.34. The molecule has 1 aliphatic carbocycles. The highest BCUT2D eigenvalue weighted by Gasteiger charge is 2.37. The highest BCUT2D eigenvalue weighted by atomic mass is 16.5. The van der Waals surface area contributed by atoms with Gasteiger partial charge in [-0.2, -0.15) is 0 Å². The molecule has 0 radical (unpaired) electrons. The number of hydrogen-bond acceptors (Lipinski definition) is 4. The first-order chi connectivity index (χ1) is 10.8. The molecule has 1 atom stereocenters. The molecule has 5 nitrogen and oxygen atoms in total. The van der Waals surface area contributed by atoms with E-state index in [9.17, 15) is 4.79 Å². The van der Waals surface area contributed by atoms with E-state index in [1.54, 1.807) is 12.4 Å². The van der Waals surface area contributed by atoms with Crippen molar-refractivity contribution in [2.75, 3.05) is 19.7 Å². The van der Waals surface area contributed by atoms with Crippen LogP contribution >= 0.6 is 0 Å². The van der Waals surface area contributed by atoms with E-state index in [1.807, 2.05) is 4.90 Å². The van der Waals surface area contributed by atoms with Crippen LogP contribution in [0.4, 0.5) is 0 Å². The lowest BCUT2D eigenvalue weighted by Gasteiger charge is -2.26. The predicted octanol–water partition coefficient (Wildman–Crippen LogP) is 2.53. The Labute approximate surface area is 131 Å². The molecule has 5 heteroatoms. The Morgan fingerprint density at radius 2 is 1.91 bits per heavy atom. The van der Waals surface area contributed by atoms with Crippen LogP contribution in [-0.4, -0.2) is 46.1 Å². The summed E-state index contributed by atoms with van der Waals surface area (Å²) in [5.74, 6) is 1.49. The summed E-state index contributed by atoms with van der Waals surface area (Å²) < 4.78 is 5.98. The molecular weight excluding hydrogens is 278 g/mol. The van der Waals surface area contributed by atoms with Crippen molar-refractivity contribution in [1.82, 2.24) is 14.9 Å². The molecule has 1 aromatic rings. The number of likely N-dealkylation sites (tertiary alicyclic amines) is 1. The molecule has 118 valence electrons. The van der Waals surface area contributed by atoms with Crippen molar-refractivity contribution in [3.8, 4) is 0 Å². The molecule has 0 aromatic carbocycles. The van der Waals surface area contributed by atoms with E-state index in [0.717, 1.165) is 57.6 Å². The summed E-state index contributed by atoms with van der Waals surface area (Å²) in [5.41, 5.74) is 0.661. The van der Waals surface area contributed by atoms with Crippen LogP contribution in [0.3, 0.4) is 0 Å². The van der Waals surface area contributed by atoms with E-state index in [4.69, 9.17) is 4.74 Å². The van der Waals surface area contributed by atoms with Crippen LogP contribution in [0.15, 0.2) is 12.4 Å². The van der Waals surface area contributed by atoms with Crippen LogP contribution in [0.1, 0.15) is 67.0 Å². The van der Waals surface area contributed by atoms with E-state index in [2.05, 4.69) is 9.97 Å². The molecule has 2 aliphatic heterocycles. The summed E-state index contributed by atoms with van der Waals surface area (Å²) in [5, 5.41) is 0. The fourth-order valence-corrected chi connectivity index (χ4v) is 3.70. The van der Waals surface area contributed by atoms with Gasteiger partial charge < -0.3 is 9.64 Å². The van der Waals surface area contributed by atoms with Gasteiger partial charge in [-0.3, -0.25) is 4.79 Å². The Morgan fingerprint density at radius 1 is 1.14 bits per heavy atom. The maximum atomic E-state index is 12.7. The topological polar surface area (TPSA) is 55.3 Å². The Hall–Kier alpha value is -1.49. The Balaban J connectivity index is 1.43. The van der Waals surface area contributed by atoms with Crippen molar-refractivity contribution >= 4 is 5.91 Å². The fraction of sp³-hybridized carbons (Fsp3) is 0.706. The van der Waals surface area contributed by atoms with Crippen molar-refractivity contribution < 1.29 is 9.53 Å². The van der Waals surface area contributed by atoms with E-state index in [-0.39, 0.29) is 11.5 Å². The third-order valence-electron chi connectivity index (χ3n) is 5.23. The molecule has 0 unspecified atom stereocenters. The molecule has 1 saturated carbocycles. The van der Waals surface area contributed by atoms with Gasteiger partial charge in [0, 0.05) is 38.0 Å². The van der Waals surface area contributed by atoms with Crippen molar-refractivity contribution in [2.45, 2.75) is 56.5 Å². The van der Waals surface area contributed by atoms with Gasteiger partial charge in [-0.15, -0.1) is 0 Å². The Bertz CT molecular complexity index is 548. The van der Waals surface area contributed by atoms with Crippen LogP contribution in [-0.2, 0) is 4.74 Å². The predicted molar refractivity (Wildman–Crippen MR) is 81.7 cm³/mol. The maximum Gasteiger partial charge on any atom is 0.256 e. The number of amides is 1. The molecule has 3 aliphatic rings. The molecule has 4 rings (SSSR count). The summed E-state index contributed by atoms with van der Waals surface area (Å²) in [6.07, 6.45) is 11.1. The third kappa shape index (κ3) is 2.74. The zero-order valence-electron chi connectivity index (χ0n) is 13.0. The lowest BCUT2D eigenvalue weighted by molar-refractivity contribution is -0.00691. The van der Waals surface area contributed by atoms with Gasteiger partial charge in [-0.1, -0.05) is 0 Å². The molecule has 22 heavy (non-hydrogen) atoms. The quantitative estimate of drug-likeness (QED) is 0.842. The van der Waals surface area contributed by atoms with E-state index >= 15 is 0 Å². The second kappa shape index (κ2) is 5.61. The number of carbonyl (C=O) groups excluding carboxylic acids is 1. The van der Waals surface area contributed by atoms with Crippen LogP contribution in [0.5, 0.6) is 0 Å². The van der Waals surface area contributed by atoms with Crippen LogP contribution in [0.25, 0.3) is 0 Å². The van der Waals surface area contributed by atoms with Gasteiger partial charge in [0.25, 0.3) is 5.91 Å². The molecule has 3 fully saturated rings. The van der Waals surface area contributed by atoms with Gasteiger partial charge >= 0.3 is 0 Å². The minimum Gasteiger partial charge on any atom is -0.375 e. The van der Waals surface area contributed by atoms with Crippen molar-refractivity contribution in [1.29, 1.82) is 0 Å². The van der Waals surface area contributed by atoms with Crippen molar-refractivity contribution in [3.63, 3.8) is 0 Å². The summed E-state index contributed by atoms with van der Waals surface area (Å²) in [6, 6.07) is 0. The summed E-state index contributed by atoms with van der Waals surface area (Å²) >= 11 is 0. The average molecular weight is 301 g/mol. The highest BCUT2D eigenvalue weighted by molar-refractivity contribution is 5.93. The number of rotatable bonds is 2. The summed E-state index contributed by atoms with van der Waals surface area (Å²) in [6.45, 7) is 2.47. The van der Waals surface area contributed by atoms with Gasteiger partial charge in [-0.25, -0.2) is 9.97 Å². The molecule has 2 saturated heterocycles. The second-order valence-corrected chi connectivity index (χ2v) is 6.88. The number of nitrogens with zero attached hydrogens (tertiary/aromatic N) is 3. The third-order valence-corrected chi connectivity index (χ3v) is 5.23. The monoisotopic (exact) mass is 301 g/mol. The largest absolute Gasteiger partial charge is 0.375 e. The molecule has 0 N–H and O–H groups in total. The zero-order chi connectivity index (χ0) is 15.0. The molecule has 1 amide bonds. The van der Waals surface area contributed by atoms with Gasteiger partial charge in [-0.05, 0) is 44.9 Å². The first kappa shape index (κ1) is 14.1. The molecule has 1 aromatic heterocycles. The molecule has 3 heterocycles. The first-order valence-corrected chi connectivity index (χ1v) is 8.51. The first-order valence-electron chi connectivity index (χ1n) is 8.51. The number of aromatic nitrogens is 2. The second-order valence-electron chi connectivity index (χ2n) is 6.88. The number of carbonyl (C=O) groups is 1.